The monoisotopic (exact) mass is 273 g/mol. The average Bonchev–Trinajstić information content (AvgIpc) is 2.47. The predicted molar refractivity (Wildman–Crippen MR) is 86.1 cm³/mol. The maximum Gasteiger partial charge on any atom is 0.155 e. The molecule has 0 aliphatic rings. The lowest BCUT2D eigenvalue weighted by molar-refractivity contribution is 0.101. The van der Waals surface area contributed by atoms with Gasteiger partial charge in [-0.3, -0.25) is 4.79 Å². The van der Waals surface area contributed by atoms with Crippen molar-refractivity contribution in [2.24, 2.45) is 0 Å². The summed E-state index contributed by atoms with van der Waals surface area (Å²) in [7, 11) is 1.88. The second-order valence-electron chi connectivity index (χ2n) is 5.18. The van der Waals surface area contributed by atoms with E-state index in [1.54, 1.807) is 0 Å². The number of rotatable bonds is 11. The molecule has 1 aromatic rings. The maximum atomic E-state index is 11.7. The summed E-state index contributed by atoms with van der Waals surface area (Å²) in [6.45, 7) is 4.90. The Morgan fingerprint density at radius 3 is 2.35 bits per heavy atom. The standard InChI is InChI=1S/C17H26BO2/c1-3-4-5-6-7-8-13-20-16-11-9-15(10-12-16)17(19)14-18-2/h9-12H,3-8,13-14H2,1-2H3. The Hall–Kier alpha value is -1.25. The van der Waals surface area contributed by atoms with Gasteiger partial charge in [-0.2, -0.15) is 0 Å². The number of unbranched alkanes of at least 4 members (excludes halogenated alkanes) is 5. The van der Waals surface area contributed by atoms with Crippen molar-refractivity contribution in [2.45, 2.75) is 58.6 Å². The van der Waals surface area contributed by atoms with Crippen LogP contribution in [0, 0.1) is 0 Å². The van der Waals surface area contributed by atoms with Crippen LogP contribution >= 0.6 is 0 Å². The van der Waals surface area contributed by atoms with E-state index in [9.17, 15) is 4.79 Å². The van der Waals surface area contributed by atoms with E-state index in [0.29, 0.717) is 6.32 Å². The first-order valence-corrected chi connectivity index (χ1v) is 7.81. The van der Waals surface area contributed by atoms with Crippen molar-refractivity contribution in [3.63, 3.8) is 0 Å². The second kappa shape index (κ2) is 10.5. The zero-order valence-corrected chi connectivity index (χ0v) is 12.9. The van der Waals surface area contributed by atoms with Crippen LogP contribution in [0.2, 0.25) is 13.1 Å². The van der Waals surface area contributed by atoms with Gasteiger partial charge in [-0.1, -0.05) is 45.9 Å². The van der Waals surface area contributed by atoms with Crippen LogP contribution in [-0.2, 0) is 0 Å². The Balaban J connectivity index is 2.20. The van der Waals surface area contributed by atoms with Gasteiger partial charge in [-0.05, 0) is 37.0 Å². The summed E-state index contributed by atoms with van der Waals surface area (Å²) >= 11 is 0. The zero-order chi connectivity index (χ0) is 14.6. The Bertz CT molecular complexity index is 373. The van der Waals surface area contributed by atoms with E-state index < -0.39 is 0 Å². The van der Waals surface area contributed by atoms with Crippen LogP contribution in [0.25, 0.3) is 0 Å². The smallest absolute Gasteiger partial charge is 0.155 e. The summed E-state index contributed by atoms with van der Waals surface area (Å²) in [4.78, 5) is 11.7. The van der Waals surface area contributed by atoms with E-state index in [0.717, 1.165) is 24.3 Å². The van der Waals surface area contributed by atoms with Crippen molar-refractivity contribution in [1.82, 2.24) is 0 Å². The van der Waals surface area contributed by atoms with Crippen LogP contribution in [0.3, 0.4) is 0 Å². The van der Waals surface area contributed by atoms with Crippen molar-refractivity contribution >= 4 is 13.1 Å². The van der Waals surface area contributed by atoms with E-state index in [-0.39, 0.29) is 5.78 Å². The number of ketones is 1. The molecule has 3 heteroatoms. The molecule has 0 bridgehead atoms. The highest BCUT2D eigenvalue weighted by Gasteiger charge is 2.04. The fraction of sp³-hybridized carbons (Fsp3) is 0.588. The summed E-state index contributed by atoms with van der Waals surface area (Å²) in [5.74, 6) is 1.02. The Labute approximate surface area is 124 Å². The molecule has 0 fully saturated rings. The zero-order valence-electron chi connectivity index (χ0n) is 12.9. The van der Waals surface area contributed by atoms with Crippen molar-refractivity contribution in [3.8, 4) is 5.75 Å². The number of hydrogen-bond acceptors (Lipinski definition) is 2. The fourth-order valence-electron chi connectivity index (χ4n) is 2.11. The molecule has 1 aromatic carbocycles. The summed E-state index contributed by atoms with van der Waals surface area (Å²) in [5.41, 5.74) is 0.759. The third-order valence-electron chi connectivity index (χ3n) is 3.33. The fourth-order valence-corrected chi connectivity index (χ4v) is 2.11. The predicted octanol–water partition coefficient (Wildman–Crippen LogP) is 4.78. The lowest BCUT2D eigenvalue weighted by atomic mass is 9.75. The molecule has 1 rings (SSSR count). The van der Waals surface area contributed by atoms with Crippen LogP contribution in [0.5, 0.6) is 5.75 Å². The molecule has 0 unspecified atom stereocenters. The van der Waals surface area contributed by atoms with Crippen LogP contribution in [-0.4, -0.2) is 19.7 Å². The first kappa shape index (κ1) is 16.8. The summed E-state index contributed by atoms with van der Waals surface area (Å²) in [6.07, 6.45) is 8.11. The molecular formula is C17H26BO2. The molecule has 0 atom stereocenters. The largest absolute Gasteiger partial charge is 0.494 e. The molecule has 2 nitrogen and oxygen atoms in total. The van der Waals surface area contributed by atoms with E-state index in [1.807, 2.05) is 38.4 Å². The molecule has 0 aliphatic carbocycles. The minimum atomic E-state index is 0.162. The highest BCUT2D eigenvalue weighted by molar-refractivity contribution is 6.41. The van der Waals surface area contributed by atoms with Crippen LogP contribution in [0.15, 0.2) is 24.3 Å². The molecule has 0 saturated carbocycles. The SMILES string of the molecule is C[B]CC(=O)c1ccc(OCCCCCCCC)cc1. The lowest BCUT2D eigenvalue weighted by Crippen LogP contribution is -2.01. The first-order valence-electron chi connectivity index (χ1n) is 7.81. The van der Waals surface area contributed by atoms with Gasteiger partial charge in [0.05, 0.1) is 6.61 Å². The van der Waals surface area contributed by atoms with Gasteiger partial charge in [0.15, 0.2) is 5.78 Å². The summed E-state index contributed by atoms with van der Waals surface area (Å²) in [6, 6.07) is 7.48. The second-order valence-corrected chi connectivity index (χ2v) is 5.18. The molecule has 0 aromatic heterocycles. The highest BCUT2D eigenvalue weighted by atomic mass is 16.5. The number of ether oxygens (including phenoxy) is 1. The molecule has 0 saturated heterocycles. The summed E-state index contributed by atoms with van der Waals surface area (Å²) in [5, 5.41) is 0. The average molecular weight is 273 g/mol. The molecule has 1 radical (unpaired) electrons. The number of benzene rings is 1. The van der Waals surface area contributed by atoms with E-state index in [2.05, 4.69) is 6.92 Å². The molecule has 0 spiro atoms. The maximum absolute atomic E-state index is 11.7. The number of carbonyl (C=O) groups excluding carboxylic acids is 1. The van der Waals surface area contributed by atoms with Crippen molar-refractivity contribution in [3.05, 3.63) is 29.8 Å². The molecule has 109 valence electrons. The topological polar surface area (TPSA) is 26.3 Å². The minimum Gasteiger partial charge on any atom is -0.494 e. The van der Waals surface area contributed by atoms with Gasteiger partial charge in [-0.15, -0.1) is 0 Å². The van der Waals surface area contributed by atoms with Crippen molar-refractivity contribution in [2.75, 3.05) is 6.61 Å². The molecule has 0 amide bonds. The van der Waals surface area contributed by atoms with E-state index in [1.165, 1.54) is 32.1 Å². The van der Waals surface area contributed by atoms with Gasteiger partial charge in [-0.25, -0.2) is 0 Å². The Kier molecular flexibility index (Phi) is 8.85. The van der Waals surface area contributed by atoms with Gasteiger partial charge in [0, 0.05) is 5.56 Å². The molecule has 0 aliphatic heterocycles. The first-order chi connectivity index (χ1) is 9.77. The molecular weight excluding hydrogens is 247 g/mol. The third-order valence-corrected chi connectivity index (χ3v) is 3.33. The number of hydrogen-bond donors (Lipinski definition) is 0. The quantitative estimate of drug-likeness (QED) is 0.329. The number of carbonyl (C=O) groups is 1. The Morgan fingerprint density at radius 2 is 1.70 bits per heavy atom. The van der Waals surface area contributed by atoms with Gasteiger partial charge in [0.25, 0.3) is 0 Å². The minimum absolute atomic E-state index is 0.162. The van der Waals surface area contributed by atoms with Crippen molar-refractivity contribution in [1.29, 1.82) is 0 Å². The van der Waals surface area contributed by atoms with Gasteiger partial charge in [0.1, 0.15) is 13.0 Å². The highest BCUT2D eigenvalue weighted by Crippen LogP contribution is 2.14. The van der Waals surface area contributed by atoms with Crippen molar-refractivity contribution < 1.29 is 9.53 Å². The summed E-state index contributed by atoms with van der Waals surface area (Å²) < 4.78 is 5.69. The molecule has 0 heterocycles. The molecule has 0 N–H and O–H groups in total. The van der Waals surface area contributed by atoms with Crippen LogP contribution in [0.4, 0.5) is 0 Å². The van der Waals surface area contributed by atoms with Crippen LogP contribution < -0.4 is 4.74 Å². The van der Waals surface area contributed by atoms with E-state index in [4.69, 9.17) is 4.74 Å². The van der Waals surface area contributed by atoms with Gasteiger partial charge < -0.3 is 4.74 Å². The van der Waals surface area contributed by atoms with Gasteiger partial charge >= 0.3 is 0 Å². The molecule has 20 heavy (non-hydrogen) atoms. The van der Waals surface area contributed by atoms with E-state index >= 15 is 0 Å². The van der Waals surface area contributed by atoms with Crippen LogP contribution in [0.1, 0.15) is 55.8 Å². The Morgan fingerprint density at radius 1 is 1.05 bits per heavy atom. The normalized spacial score (nSPS) is 10.3. The lowest BCUT2D eigenvalue weighted by Gasteiger charge is -2.07. The number of Topliss-reactive ketones (excluding diaryl/α,β-unsaturated/α-hetero) is 1. The third kappa shape index (κ3) is 6.79. The van der Waals surface area contributed by atoms with Gasteiger partial charge in [0.2, 0.25) is 0 Å².